The summed E-state index contributed by atoms with van der Waals surface area (Å²) in [7, 11) is 0. The normalized spacial score (nSPS) is 10.6. The molecule has 3 nitrogen and oxygen atoms in total. The third-order valence-electron chi connectivity index (χ3n) is 2.60. The van der Waals surface area contributed by atoms with E-state index < -0.39 is 0 Å². The van der Waals surface area contributed by atoms with Crippen molar-refractivity contribution in [1.82, 2.24) is 10.1 Å². The summed E-state index contributed by atoms with van der Waals surface area (Å²) in [6.07, 6.45) is 0. The molecule has 0 radical (unpaired) electrons. The molecule has 0 aliphatic heterocycles. The van der Waals surface area contributed by atoms with Gasteiger partial charge in [-0.1, -0.05) is 44.8 Å². The van der Waals surface area contributed by atoms with Crippen LogP contribution in [0, 0.1) is 0 Å². The standard InChI is InChI=1S/C14H8BrClN2O/c15-11-3-1-2-10(8-11)13-17-14(19-18-13)9-4-6-12(16)7-5-9/h1-8H. The van der Waals surface area contributed by atoms with Crippen molar-refractivity contribution in [3.8, 4) is 22.8 Å². The zero-order valence-corrected chi connectivity index (χ0v) is 12.0. The molecule has 0 unspecified atom stereocenters. The maximum Gasteiger partial charge on any atom is 0.258 e. The highest BCUT2D eigenvalue weighted by Gasteiger charge is 2.10. The molecule has 3 rings (SSSR count). The number of rotatable bonds is 2. The first-order valence-electron chi connectivity index (χ1n) is 5.58. The highest BCUT2D eigenvalue weighted by Crippen LogP contribution is 2.24. The lowest BCUT2D eigenvalue weighted by atomic mass is 10.2. The maximum atomic E-state index is 5.85. The van der Waals surface area contributed by atoms with Crippen LogP contribution in [0.2, 0.25) is 5.02 Å². The van der Waals surface area contributed by atoms with Gasteiger partial charge >= 0.3 is 0 Å². The Kier molecular flexibility index (Phi) is 3.36. The monoisotopic (exact) mass is 334 g/mol. The first kappa shape index (κ1) is 12.4. The van der Waals surface area contributed by atoms with Gasteiger partial charge in [0, 0.05) is 20.6 Å². The molecule has 0 atom stereocenters. The molecule has 0 saturated heterocycles. The molecule has 0 aliphatic carbocycles. The minimum absolute atomic E-state index is 0.478. The Hall–Kier alpha value is -1.65. The number of hydrogen-bond donors (Lipinski definition) is 0. The van der Waals surface area contributed by atoms with Crippen molar-refractivity contribution >= 4 is 27.5 Å². The van der Waals surface area contributed by atoms with E-state index >= 15 is 0 Å². The zero-order valence-electron chi connectivity index (χ0n) is 9.68. The molecular weight excluding hydrogens is 328 g/mol. The molecule has 0 amide bonds. The number of benzene rings is 2. The van der Waals surface area contributed by atoms with Crippen molar-refractivity contribution in [2.75, 3.05) is 0 Å². The minimum atomic E-state index is 0.478. The fourth-order valence-electron chi connectivity index (χ4n) is 1.68. The Morgan fingerprint density at radius 1 is 1.00 bits per heavy atom. The molecule has 0 bridgehead atoms. The Morgan fingerprint density at radius 3 is 2.53 bits per heavy atom. The van der Waals surface area contributed by atoms with Crippen molar-refractivity contribution < 1.29 is 4.52 Å². The molecule has 1 aromatic heterocycles. The van der Waals surface area contributed by atoms with Gasteiger partial charge in [-0.05, 0) is 36.4 Å². The molecule has 94 valence electrons. The van der Waals surface area contributed by atoms with Crippen LogP contribution >= 0.6 is 27.5 Å². The van der Waals surface area contributed by atoms with E-state index in [0.29, 0.717) is 16.7 Å². The Labute approximate surface area is 123 Å². The van der Waals surface area contributed by atoms with Gasteiger partial charge in [-0.2, -0.15) is 4.98 Å². The smallest absolute Gasteiger partial charge is 0.258 e. The summed E-state index contributed by atoms with van der Waals surface area (Å²) in [6, 6.07) is 15.0. The molecule has 3 aromatic rings. The molecule has 0 N–H and O–H groups in total. The van der Waals surface area contributed by atoms with E-state index in [1.807, 2.05) is 36.4 Å². The van der Waals surface area contributed by atoms with Crippen LogP contribution < -0.4 is 0 Å². The lowest BCUT2D eigenvalue weighted by Gasteiger charge is -1.95. The van der Waals surface area contributed by atoms with Gasteiger partial charge in [0.05, 0.1) is 0 Å². The Balaban J connectivity index is 1.97. The number of aromatic nitrogens is 2. The van der Waals surface area contributed by atoms with Crippen LogP contribution in [0.3, 0.4) is 0 Å². The van der Waals surface area contributed by atoms with Gasteiger partial charge in [0.1, 0.15) is 0 Å². The summed E-state index contributed by atoms with van der Waals surface area (Å²) in [5.41, 5.74) is 1.75. The molecule has 0 saturated carbocycles. The molecule has 0 spiro atoms. The van der Waals surface area contributed by atoms with E-state index in [1.165, 1.54) is 0 Å². The van der Waals surface area contributed by atoms with E-state index in [1.54, 1.807) is 12.1 Å². The largest absolute Gasteiger partial charge is 0.334 e. The van der Waals surface area contributed by atoms with E-state index in [-0.39, 0.29) is 0 Å². The highest BCUT2D eigenvalue weighted by molar-refractivity contribution is 9.10. The predicted octanol–water partition coefficient (Wildman–Crippen LogP) is 4.82. The minimum Gasteiger partial charge on any atom is -0.334 e. The molecule has 19 heavy (non-hydrogen) atoms. The number of nitrogens with zero attached hydrogens (tertiary/aromatic N) is 2. The maximum absolute atomic E-state index is 5.85. The third kappa shape index (κ3) is 2.69. The van der Waals surface area contributed by atoms with Gasteiger partial charge in [-0.25, -0.2) is 0 Å². The van der Waals surface area contributed by atoms with Crippen LogP contribution in [-0.2, 0) is 0 Å². The molecule has 5 heteroatoms. The fraction of sp³-hybridized carbons (Fsp3) is 0. The van der Waals surface area contributed by atoms with Gasteiger partial charge in [-0.15, -0.1) is 0 Å². The summed E-state index contributed by atoms with van der Waals surface area (Å²) in [5.74, 6) is 1.04. The summed E-state index contributed by atoms with van der Waals surface area (Å²) in [6.45, 7) is 0. The van der Waals surface area contributed by atoms with Crippen LogP contribution in [0.15, 0.2) is 57.5 Å². The van der Waals surface area contributed by atoms with E-state index in [4.69, 9.17) is 16.1 Å². The van der Waals surface area contributed by atoms with Crippen molar-refractivity contribution in [3.05, 3.63) is 58.0 Å². The average molecular weight is 336 g/mol. The van der Waals surface area contributed by atoms with E-state index in [0.717, 1.165) is 15.6 Å². The summed E-state index contributed by atoms with van der Waals surface area (Å²) >= 11 is 9.26. The SMILES string of the molecule is Clc1ccc(-c2nc(-c3cccc(Br)c3)no2)cc1. The second kappa shape index (κ2) is 5.15. The number of halogens is 2. The molecule has 0 aliphatic rings. The van der Waals surface area contributed by atoms with Crippen molar-refractivity contribution in [2.24, 2.45) is 0 Å². The van der Waals surface area contributed by atoms with Crippen molar-refractivity contribution in [2.45, 2.75) is 0 Å². The third-order valence-corrected chi connectivity index (χ3v) is 3.35. The molecule has 0 fully saturated rings. The van der Waals surface area contributed by atoms with Gasteiger partial charge in [0.2, 0.25) is 5.82 Å². The summed E-state index contributed by atoms with van der Waals surface area (Å²) < 4.78 is 6.24. The van der Waals surface area contributed by atoms with Gasteiger partial charge in [0.15, 0.2) is 0 Å². The van der Waals surface area contributed by atoms with Crippen LogP contribution in [0.1, 0.15) is 0 Å². The van der Waals surface area contributed by atoms with Gasteiger partial charge in [-0.3, -0.25) is 0 Å². The van der Waals surface area contributed by atoms with Crippen LogP contribution in [0.4, 0.5) is 0 Å². The Morgan fingerprint density at radius 2 is 1.79 bits per heavy atom. The van der Waals surface area contributed by atoms with Gasteiger partial charge < -0.3 is 4.52 Å². The van der Waals surface area contributed by atoms with Gasteiger partial charge in [0.25, 0.3) is 5.89 Å². The zero-order chi connectivity index (χ0) is 13.2. The van der Waals surface area contributed by atoms with Crippen LogP contribution in [0.5, 0.6) is 0 Å². The lowest BCUT2D eigenvalue weighted by molar-refractivity contribution is 0.432. The average Bonchev–Trinajstić information content (AvgIpc) is 2.89. The van der Waals surface area contributed by atoms with E-state index in [9.17, 15) is 0 Å². The summed E-state index contributed by atoms with van der Waals surface area (Å²) in [4.78, 5) is 4.38. The predicted molar refractivity (Wildman–Crippen MR) is 77.9 cm³/mol. The first-order chi connectivity index (χ1) is 9.22. The second-order valence-corrected chi connectivity index (χ2v) is 5.29. The molecule has 1 heterocycles. The Bertz CT molecular complexity index is 709. The van der Waals surface area contributed by atoms with Crippen molar-refractivity contribution in [1.29, 1.82) is 0 Å². The highest BCUT2D eigenvalue weighted by atomic mass is 79.9. The quantitative estimate of drug-likeness (QED) is 0.674. The lowest BCUT2D eigenvalue weighted by Crippen LogP contribution is -1.81. The van der Waals surface area contributed by atoms with Crippen LogP contribution in [0.25, 0.3) is 22.8 Å². The molecule has 2 aromatic carbocycles. The summed E-state index contributed by atoms with van der Waals surface area (Å²) in [5, 5.41) is 4.66. The topological polar surface area (TPSA) is 38.9 Å². The van der Waals surface area contributed by atoms with E-state index in [2.05, 4.69) is 26.1 Å². The first-order valence-corrected chi connectivity index (χ1v) is 6.75. The molecular formula is C14H8BrClN2O. The second-order valence-electron chi connectivity index (χ2n) is 3.94. The fourth-order valence-corrected chi connectivity index (χ4v) is 2.20. The van der Waals surface area contributed by atoms with Crippen molar-refractivity contribution in [3.63, 3.8) is 0 Å². The number of hydrogen-bond acceptors (Lipinski definition) is 3. The van der Waals surface area contributed by atoms with Crippen LogP contribution in [-0.4, -0.2) is 10.1 Å².